The SMILES string of the molecule is NNC(=NC1CCCC1)Nc1ccc(F)cc1F. The van der Waals surface area contributed by atoms with Crippen LogP contribution in [0.4, 0.5) is 14.5 Å². The van der Waals surface area contributed by atoms with Crippen LogP contribution in [0.1, 0.15) is 25.7 Å². The number of hydrogen-bond acceptors (Lipinski definition) is 2. The van der Waals surface area contributed by atoms with Crippen LogP contribution in [0.5, 0.6) is 0 Å². The lowest BCUT2D eigenvalue weighted by Crippen LogP contribution is -2.37. The quantitative estimate of drug-likeness (QED) is 0.328. The van der Waals surface area contributed by atoms with Gasteiger partial charge < -0.3 is 5.32 Å². The molecule has 0 bridgehead atoms. The first-order valence-corrected chi connectivity index (χ1v) is 5.95. The average Bonchev–Trinajstić information content (AvgIpc) is 2.84. The largest absolute Gasteiger partial charge is 0.323 e. The smallest absolute Gasteiger partial charge is 0.210 e. The summed E-state index contributed by atoms with van der Waals surface area (Å²) in [6.45, 7) is 0. The van der Waals surface area contributed by atoms with Gasteiger partial charge in [0.25, 0.3) is 0 Å². The summed E-state index contributed by atoms with van der Waals surface area (Å²) in [6, 6.07) is 3.51. The lowest BCUT2D eigenvalue weighted by atomic mass is 10.3. The number of aliphatic imine (C=N–C) groups is 1. The fourth-order valence-electron chi connectivity index (χ4n) is 2.04. The van der Waals surface area contributed by atoms with Crippen LogP contribution in [-0.4, -0.2) is 12.0 Å². The van der Waals surface area contributed by atoms with E-state index >= 15 is 0 Å². The maximum Gasteiger partial charge on any atom is 0.210 e. The highest BCUT2D eigenvalue weighted by Gasteiger charge is 2.15. The van der Waals surface area contributed by atoms with Gasteiger partial charge in [-0.3, -0.25) is 5.43 Å². The Bertz CT molecular complexity index is 442. The highest BCUT2D eigenvalue weighted by molar-refractivity contribution is 5.93. The molecule has 1 aromatic carbocycles. The summed E-state index contributed by atoms with van der Waals surface area (Å²) < 4.78 is 26.2. The van der Waals surface area contributed by atoms with Crippen molar-refractivity contribution in [2.24, 2.45) is 10.8 Å². The van der Waals surface area contributed by atoms with Gasteiger partial charge in [-0.2, -0.15) is 0 Å². The van der Waals surface area contributed by atoms with Gasteiger partial charge in [0, 0.05) is 6.07 Å². The molecule has 98 valence electrons. The van der Waals surface area contributed by atoms with Crippen LogP contribution < -0.4 is 16.6 Å². The van der Waals surface area contributed by atoms with Gasteiger partial charge in [0.05, 0.1) is 11.7 Å². The zero-order chi connectivity index (χ0) is 13.0. The molecule has 2 rings (SSSR count). The number of halogens is 2. The molecule has 0 aliphatic heterocycles. The minimum absolute atomic E-state index is 0.145. The van der Waals surface area contributed by atoms with Gasteiger partial charge in [-0.05, 0) is 25.0 Å². The summed E-state index contributed by atoms with van der Waals surface area (Å²) in [7, 11) is 0. The van der Waals surface area contributed by atoms with E-state index in [0.717, 1.165) is 31.7 Å². The second-order valence-corrected chi connectivity index (χ2v) is 4.31. The standard InChI is InChI=1S/C12H16F2N4/c13-8-5-6-11(10(14)7-8)17-12(18-15)16-9-3-1-2-4-9/h5-7,9H,1-4,15H2,(H2,16,17,18). The van der Waals surface area contributed by atoms with Crippen molar-refractivity contribution < 1.29 is 8.78 Å². The summed E-state index contributed by atoms with van der Waals surface area (Å²) >= 11 is 0. The summed E-state index contributed by atoms with van der Waals surface area (Å²) in [4.78, 5) is 4.36. The van der Waals surface area contributed by atoms with Crippen LogP contribution >= 0.6 is 0 Å². The number of benzene rings is 1. The number of nitrogens with one attached hydrogen (secondary N) is 2. The minimum atomic E-state index is -0.677. The predicted octanol–water partition coefficient (Wildman–Crippen LogP) is 2.14. The molecule has 0 heterocycles. The molecule has 0 radical (unpaired) electrons. The Morgan fingerprint density at radius 3 is 2.61 bits per heavy atom. The third-order valence-corrected chi connectivity index (χ3v) is 2.96. The monoisotopic (exact) mass is 254 g/mol. The molecule has 1 aliphatic carbocycles. The highest BCUT2D eigenvalue weighted by atomic mass is 19.1. The van der Waals surface area contributed by atoms with Gasteiger partial charge in [0.2, 0.25) is 5.96 Å². The summed E-state index contributed by atoms with van der Waals surface area (Å²) in [5.74, 6) is 4.34. The molecular weight excluding hydrogens is 238 g/mol. The van der Waals surface area contributed by atoms with Gasteiger partial charge in [0.15, 0.2) is 0 Å². The van der Waals surface area contributed by atoms with Crippen LogP contribution in [0.3, 0.4) is 0 Å². The molecule has 0 saturated heterocycles. The van der Waals surface area contributed by atoms with E-state index in [-0.39, 0.29) is 11.7 Å². The Balaban J connectivity index is 2.09. The average molecular weight is 254 g/mol. The molecular formula is C12H16F2N4. The number of nitrogens with zero attached hydrogens (tertiary/aromatic N) is 1. The molecule has 6 heteroatoms. The molecule has 1 aliphatic rings. The Morgan fingerprint density at radius 1 is 1.28 bits per heavy atom. The van der Waals surface area contributed by atoms with Crippen LogP contribution in [-0.2, 0) is 0 Å². The van der Waals surface area contributed by atoms with E-state index in [2.05, 4.69) is 15.7 Å². The Hall–Kier alpha value is -1.69. The first kappa shape index (κ1) is 12.8. The van der Waals surface area contributed by atoms with E-state index in [1.807, 2.05) is 0 Å². The van der Waals surface area contributed by atoms with Gasteiger partial charge in [-0.1, -0.05) is 12.8 Å². The fourth-order valence-corrected chi connectivity index (χ4v) is 2.04. The van der Waals surface area contributed by atoms with Crippen molar-refractivity contribution in [3.05, 3.63) is 29.8 Å². The van der Waals surface area contributed by atoms with Gasteiger partial charge in [0.1, 0.15) is 11.6 Å². The maximum absolute atomic E-state index is 13.4. The number of nitrogens with two attached hydrogens (primary N) is 1. The molecule has 1 fully saturated rings. The maximum atomic E-state index is 13.4. The van der Waals surface area contributed by atoms with Gasteiger partial charge >= 0.3 is 0 Å². The van der Waals surface area contributed by atoms with Crippen LogP contribution in [0.25, 0.3) is 0 Å². The number of hydrogen-bond donors (Lipinski definition) is 3. The minimum Gasteiger partial charge on any atom is -0.323 e. The summed E-state index contributed by atoms with van der Waals surface area (Å²) in [5.41, 5.74) is 2.54. The van der Waals surface area contributed by atoms with Crippen LogP contribution in [0, 0.1) is 11.6 Å². The van der Waals surface area contributed by atoms with Crippen LogP contribution in [0.2, 0.25) is 0 Å². The summed E-state index contributed by atoms with van der Waals surface area (Å²) in [5, 5.41) is 2.72. The molecule has 0 unspecified atom stereocenters. The Kier molecular flexibility index (Phi) is 4.09. The van der Waals surface area contributed by atoms with Gasteiger partial charge in [-0.25, -0.2) is 19.6 Å². The van der Waals surface area contributed by atoms with Crippen molar-refractivity contribution in [3.8, 4) is 0 Å². The van der Waals surface area contributed by atoms with Crippen molar-refractivity contribution in [3.63, 3.8) is 0 Å². The second kappa shape index (κ2) is 5.77. The van der Waals surface area contributed by atoms with Crippen molar-refractivity contribution in [1.29, 1.82) is 0 Å². The molecule has 0 amide bonds. The molecule has 0 aromatic heterocycles. The van der Waals surface area contributed by atoms with Crippen molar-refractivity contribution >= 4 is 11.6 Å². The molecule has 1 saturated carbocycles. The normalized spacial score (nSPS) is 16.9. The lowest BCUT2D eigenvalue weighted by molar-refractivity contribution is 0.586. The zero-order valence-electron chi connectivity index (χ0n) is 9.92. The zero-order valence-corrected chi connectivity index (χ0v) is 9.92. The fraction of sp³-hybridized carbons (Fsp3) is 0.417. The Labute approximate surface area is 104 Å². The molecule has 18 heavy (non-hydrogen) atoms. The van der Waals surface area contributed by atoms with Gasteiger partial charge in [-0.15, -0.1) is 0 Å². The topological polar surface area (TPSA) is 62.4 Å². The first-order valence-electron chi connectivity index (χ1n) is 5.95. The molecule has 1 aromatic rings. The van der Waals surface area contributed by atoms with E-state index in [0.29, 0.717) is 5.96 Å². The van der Waals surface area contributed by atoms with Crippen molar-refractivity contribution in [2.75, 3.05) is 5.32 Å². The number of guanidine groups is 1. The van der Waals surface area contributed by atoms with Crippen molar-refractivity contribution in [1.82, 2.24) is 5.43 Å². The number of hydrazine groups is 1. The lowest BCUT2D eigenvalue weighted by Gasteiger charge is -2.12. The highest BCUT2D eigenvalue weighted by Crippen LogP contribution is 2.21. The van der Waals surface area contributed by atoms with Crippen molar-refractivity contribution in [2.45, 2.75) is 31.7 Å². The van der Waals surface area contributed by atoms with E-state index in [1.165, 1.54) is 12.1 Å². The van der Waals surface area contributed by atoms with E-state index in [1.54, 1.807) is 0 Å². The van der Waals surface area contributed by atoms with E-state index in [4.69, 9.17) is 5.84 Å². The number of rotatable bonds is 2. The summed E-state index contributed by atoms with van der Waals surface area (Å²) in [6.07, 6.45) is 4.32. The Morgan fingerprint density at radius 2 is 2.00 bits per heavy atom. The van der Waals surface area contributed by atoms with E-state index in [9.17, 15) is 8.78 Å². The predicted molar refractivity (Wildman–Crippen MR) is 67.0 cm³/mol. The first-order chi connectivity index (χ1) is 8.69. The number of anilines is 1. The molecule has 4 N–H and O–H groups in total. The third-order valence-electron chi connectivity index (χ3n) is 2.96. The molecule has 4 nitrogen and oxygen atoms in total. The third kappa shape index (κ3) is 3.16. The second-order valence-electron chi connectivity index (χ2n) is 4.31. The van der Waals surface area contributed by atoms with E-state index < -0.39 is 11.6 Å². The van der Waals surface area contributed by atoms with Crippen LogP contribution in [0.15, 0.2) is 23.2 Å². The molecule has 0 atom stereocenters. The molecule has 0 spiro atoms.